The van der Waals surface area contributed by atoms with Crippen LogP contribution < -0.4 is 15.4 Å². The first-order valence-corrected chi connectivity index (χ1v) is 8.38. The smallest absolute Gasteiger partial charge is 0.329 e. The lowest BCUT2D eigenvalue weighted by molar-refractivity contribution is -0.127. The van der Waals surface area contributed by atoms with Crippen LogP contribution in [0.5, 0.6) is 5.75 Å². The summed E-state index contributed by atoms with van der Waals surface area (Å²) in [6.07, 6.45) is 1.50. The number of amides is 4. The van der Waals surface area contributed by atoms with Gasteiger partial charge in [-0.05, 0) is 35.9 Å². The van der Waals surface area contributed by atoms with Crippen molar-refractivity contribution in [2.45, 2.75) is 0 Å². The molecular weight excluding hydrogens is 370 g/mol. The highest BCUT2D eigenvalue weighted by atomic mass is 35.5. The van der Waals surface area contributed by atoms with Crippen LogP contribution >= 0.6 is 11.6 Å². The van der Waals surface area contributed by atoms with E-state index in [2.05, 4.69) is 10.6 Å². The largest absolute Gasteiger partial charge is 0.495 e. The molecule has 1 aliphatic rings. The van der Waals surface area contributed by atoms with Gasteiger partial charge < -0.3 is 15.4 Å². The van der Waals surface area contributed by atoms with Crippen molar-refractivity contribution in [2.24, 2.45) is 0 Å². The molecule has 0 aromatic heterocycles. The fourth-order valence-corrected chi connectivity index (χ4v) is 2.76. The number of hydrogen-bond acceptors (Lipinski definition) is 4. The fourth-order valence-electron chi connectivity index (χ4n) is 2.56. The molecule has 0 bridgehead atoms. The first kappa shape index (κ1) is 18.5. The minimum absolute atomic E-state index is 0.0763. The Balaban J connectivity index is 1.71. The number of carbonyl (C=O) groups excluding carboxylic acids is 3. The molecule has 2 aromatic carbocycles. The minimum Gasteiger partial charge on any atom is -0.495 e. The molecule has 138 valence electrons. The van der Waals surface area contributed by atoms with E-state index in [1.807, 2.05) is 0 Å². The van der Waals surface area contributed by atoms with Crippen molar-refractivity contribution in [3.05, 3.63) is 64.8 Å². The van der Waals surface area contributed by atoms with Crippen molar-refractivity contribution in [3.63, 3.8) is 0 Å². The topological polar surface area (TPSA) is 87.7 Å². The Morgan fingerprint density at radius 2 is 2.00 bits per heavy atom. The summed E-state index contributed by atoms with van der Waals surface area (Å²) in [6, 6.07) is 13.0. The van der Waals surface area contributed by atoms with Crippen LogP contribution in [0, 0.1) is 0 Å². The molecule has 1 aliphatic heterocycles. The SMILES string of the molecule is COc1ccccc1NC(=O)CN1C(=O)N/C(=C/c2cccc(Cl)c2)C1=O. The van der Waals surface area contributed by atoms with Gasteiger partial charge in [-0.15, -0.1) is 0 Å². The summed E-state index contributed by atoms with van der Waals surface area (Å²) in [5.74, 6) is -0.633. The van der Waals surface area contributed by atoms with E-state index in [-0.39, 0.29) is 5.70 Å². The average molecular weight is 386 g/mol. The molecule has 3 rings (SSSR count). The number of para-hydroxylation sites is 2. The molecule has 7 nitrogen and oxygen atoms in total. The number of urea groups is 1. The van der Waals surface area contributed by atoms with E-state index in [4.69, 9.17) is 16.3 Å². The van der Waals surface area contributed by atoms with E-state index in [9.17, 15) is 14.4 Å². The van der Waals surface area contributed by atoms with Crippen molar-refractivity contribution in [1.29, 1.82) is 0 Å². The summed E-state index contributed by atoms with van der Waals surface area (Å²) >= 11 is 5.92. The lowest BCUT2D eigenvalue weighted by atomic mass is 10.2. The van der Waals surface area contributed by atoms with Crippen molar-refractivity contribution in [3.8, 4) is 5.75 Å². The van der Waals surface area contributed by atoms with Gasteiger partial charge in [0.1, 0.15) is 18.0 Å². The first-order valence-electron chi connectivity index (χ1n) is 8.01. The number of hydrogen-bond donors (Lipinski definition) is 2. The quantitative estimate of drug-likeness (QED) is 0.612. The van der Waals surface area contributed by atoms with Crippen molar-refractivity contribution >= 4 is 41.2 Å². The molecule has 27 heavy (non-hydrogen) atoms. The van der Waals surface area contributed by atoms with Crippen molar-refractivity contribution in [2.75, 3.05) is 19.0 Å². The number of methoxy groups -OCH3 is 1. The predicted octanol–water partition coefficient (Wildman–Crippen LogP) is 2.88. The van der Waals surface area contributed by atoms with Gasteiger partial charge in [0.15, 0.2) is 0 Å². The molecule has 1 fully saturated rings. The third-order valence-electron chi connectivity index (χ3n) is 3.80. The number of benzene rings is 2. The van der Waals surface area contributed by atoms with Gasteiger partial charge in [-0.25, -0.2) is 9.69 Å². The maximum Gasteiger partial charge on any atom is 0.329 e. The van der Waals surface area contributed by atoms with Gasteiger partial charge in [-0.3, -0.25) is 9.59 Å². The van der Waals surface area contributed by atoms with Gasteiger partial charge in [0.05, 0.1) is 12.8 Å². The second kappa shape index (κ2) is 7.92. The average Bonchev–Trinajstić information content (AvgIpc) is 2.89. The molecule has 0 aliphatic carbocycles. The number of carbonyl (C=O) groups is 3. The Kier molecular flexibility index (Phi) is 5.42. The molecule has 8 heteroatoms. The third-order valence-corrected chi connectivity index (χ3v) is 4.04. The van der Waals surface area contributed by atoms with E-state index in [1.54, 1.807) is 48.5 Å². The zero-order valence-electron chi connectivity index (χ0n) is 14.4. The molecule has 0 spiro atoms. The number of anilines is 1. The van der Waals surface area contributed by atoms with Gasteiger partial charge in [0.2, 0.25) is 5.91 Å². The summed E-state index contributed by atoms with van der Waals surface area (Å²) in [7, 11) is 1.48. The summed E-state index contributed by atoms with van der Waals surface area (Å²) in [5.41, 5.74) is 1.19. The summed E-state index contributed by atoms with van der Waals surface area (Å²) < 4.78 is 5.16. The highest BCUT2D eigenvalue weighted by Gasteiger charge is 2.35. The lowest BCUT2D eigenvalue weighted by Gasteiger charge is -2.13. The fraction of sp³-hybridized carbons (Fsp3) is 0.105. The van der Waals surface area contributed by atoms with Crippen LogP contribution in [0.4, 0.5) is 10.5 Å². The predicted molar refractivity (Wildman–Crippen MR) is 101 cm³/mol. The van der Waals surface area contributed by atoms with E-state index >= 15 is 0 Å². The van der Waals surface area contributed by atoms with Crippen LogP contribution in [0.3, 0.4) is 0 Å². The lowest BCUT2D eigenvalue weighted by Crippen LogP contribution is -2.38. The Morgan fingerprint density at radius 1 is 1.22 bits per heavy atom. The summed E-state index contributed by atoms with van der Waals surface area (Å²) in [6.45, 7) is -0.421. The Bertz CT molecular complexity index is 942. The highest BCUT2D eigenvalue weighted by Crippen LogP contribution is 2.23. The van der Waals surface area contributed by atoms with Crippen LogP contribution in [0.1, 0.15) is 5.56 Å². The number of halogens is 1. The summed E-state index contributed by atoms with van der Waals surface area (Å²) in [5, 5.41) is 5.60. The molecule has 2 aromatic rings. The zero-order chi connectivity index (χ0) is 19.4. The van der Waals surface area contributed by atoms with Gasteiger partial charge in [-0.2, -0.15) is 0 Å². The molecule has 0 saturated carbocycles. The molecule has 2 N–H and O–H groups in total. The van der Waals surface area contributed by atoms with E-state index < -0.39 is 24.4 Å². The van der Waals surface area contributed by atoms with Crippen LogP contribution in [0.15, 0.2) is 54.2 Å². The normalized spacial score (nSPS) is 15.0. The van der Waals surface area contributed by atoms with Crippen LogP contribution in [0.2, 0.25) is 5.02 Å². The number of rotatable bonds is 5. The second-order valence-corrected chi connectivity index (χ2v) is 6.12. The van der Waals surface area contributed by atoms with Crippen molar-refractivity contribution < 1.29 is 19.1 Å². The van der Waals surface area contributed by atoms with E-state index in [0.29, 0.717) is 22.0 Å². The molecule has 1 heterocycles. The molecule has 4 amide bonds. The number of imide groups is 1. The summed E-state index contributed by atoms with van der Waals surface area (Å²) in [4.78, 5) is 37.6. The van der Waals surface area contributed by atoms with Gasteiger partial charge in [-0.1, -0.05) is 35.9 Å². The van der Waals surface area contributed by atoms with Gasteiger partial charge in [0.25, 0.3) is 5.91 Å². The zero-order valence-corrected chi connectivity index (χ0v) is 15.1. The number of ether oxygens (including phenoxy) is 1. The number of nitrogens with zero attached hydrogens (tertiary/aromatic N) is 1. The molecule has 0 radical (unpaired) electrons. The van der Waals surface area contributed by atoms with Gasteiger partial charge >= 0.3 is 6.03 Å². The molecule has 0 unspecified atom stereocenters. The standard InChI is InChI=1S/C19H16ClN3O4/c1-27-16-8-3-2-7-14(16)21-17(24)11-23-18(25)15(22-19(23)26)10-12-5-4-6-13(20)9-12/h2-10H,11H2,1H3,(H,21,24)(H,22,26)/b15-10+. The van der Waals surface area contributed by atoms with Crippen LogP contribution in [-0.4, -0.2) is 36.4 Å². The highest BCUT2D eigenvalue weighted by molar-refractivity contribution is 6.30. The molecular formula is C19H16ClN3O4. The Morgan fingerprint density at radius 3 is 2.74 bits per heavy atom. The number of nitrogens with one attached hydrogen (secondary N) is 2. The monoisotopic (exact) mass is 385 g/mol. The maximum absolute atomic E-state index is 12.5. The van der Waals surface area contributed by atoms with Gasteiger partial charge in [0, 0.05) is 5.02 Å². The molecule has 1 saturated heterocycles. The Labute approximate surface area is 160 Å². The maximum atomic E-state index is 12.5. The van der Waals surface area contributed by atoms with Crippen LogP contribution in [0.25, 0.3) is 6.08 Å². The van der Waals surface area contributed by atoms with Crippen LogP contribution in [-0.2, 0) is 9.59 Å². The second-order valence-electron chi connectivity index (χ2n) is 5.68. The Hall–Kier alpha value is -3.32. The van der Waals surface area contributed by atoms with E-state index in [0.717, 1.165) is 4.90 Å². The van der Waals surface area contributed by atoms with E-state index in [1.165, 1.54) is 13.2 Å². The van der Waals surface area contributed by atoms with Crippen molar-refractivity contribution in [1.82, 2.24) is 10.2 Å². The third kappa shape index (κ3) is 4.27. The minimum atomic E-state index is -0.663. The molecule has 0 atom stereocenters. The first-order chi connectivity index (χ1) is 13.0.